The fourth-order valence-electron chi connectivity index (χ4n) is 12.4. The summed E-state index contributed by atoms with van der Waals surface area (Å²) < 4.78 is 21.9. The van der Waals surface area contributed by atoms with Crippen molar-refractivity contribution in [2.45, 2.75) is 128 Å². The van der Waals surface area contributed by atoms with E-state index in [1.165, 1.54) is 10.4 Å². The van der Waals surface area contributed by atoms with Gasteiger partial charge in [0.1, 0.15) is 0 Å². The molecule has 1 aliphatic heterocycles. The minimum absolute atomic E-state index is 0.0274. The molecule has 0 aromatic heterocycles. The number of aliphatic hydroxyl groups is 1. The van der Waals surface area contributed by atoms with Crippen LogP contribution in [0.3, 0.4) is 0 Å². The summed E-state index contributed by atoms with van der Waals surface area (Å²) in [6.45, 7) is 16.4. The molecule has 5 fully saturated rings. The van der Waals surface area contributed by atoms with E-state index in [2.05, 4.69) is 139 Å². The van der Waals surface area contributed by atoms with Crippen LogP contribution < -0.4 is 10.4 Å². The molecule has 3 aromatic rings. The zero-order valence-electron chi connectivity index (χ0n) is 30.8. The molecule has 4 nitrogen and oxygen atoms in total. The number of hydrogen-bond donors (Lipinski definition) is 1. The fraction of sp³-hybridized carbons (Fsp3) is 0.591. The maximum Gasteiger partial charge on any atom is 0.261 e. The Bertz CT molecular complexity index is 1600. The SMILES string of the molecule is CC1(C)O[C@@H]2C3[C@H](CC[C@@]4(C)[C@H]3CC[C@@]4(O)c3ccccc3)[C@@]3(C)CC[C@H](O[Si](c4ccccc4)(c4ccccc4)C(C)(C)C)CC3[C@H]2O1. The first-order chi connectivity index (χ1) is 23.2. The molecule has 8 rings (SSSR count). The summed E-state index contributed by atoms with van der Waals surface area (Å²) in [7, 11) is -2.69. The van der Waals surface area contributed by atoms with Gasteiger partial charge in [-0.2, -0.15) is 0 Å². The first kappa shape index (κ1) is 33.8. The maximum atomic E-state index is 12.6. The Balaban J connectivity index is 1.15. The van der Waals surface area contributed by atoms with Crippen molar-refractivity contribution in [2.75, 3.05) is 0 Å². The molecular weight excluding hydrogens is 621 g/mol. The molecule has 0 bridgehead atoms. The van der Waals surface area contributed by atoms with Gasteiger partial charge in [-0.15, -0.1) is 0 Å². The summed E-state index contributed by atoms with van der Waals surface area (Å²) >= 11 is 0. The average Bonchev–Trinajstić information content (AvgIpc) is 3.56. The minimum Gasteiger partial charge on any atom is -0.404 e. The van der Waals surface area contributed by atoms with Crippen LogP contribution in [0.2, 0.25) is 5.04 Å². The second-order valence-corrected chi connectivity index (χ2v) is 22.6. The van der Waals surface area contributed by atoms with Gasteiger partial charge in [0.25, 0.3) is 8.32 Å². The predicted octanol–water partition coefficient (Wildman–Crippen LogP) is 8.60. The highest BCUT2D eigenvalue weighted by molar-refractivity contribution is 6.99. The molecule has 3 aromatic carbocycles. The van der Waals surface area contributed by atoms with E-state index < -0.39 is 19.7 Å². The van der Waals surface area contributed by atoms with Crippen molar-refractivity contribution in [3.63, 3.8) is 0 Å². The molecule has 49 heavy (non-hydrogen) atoms. The Morgan fingerprint density at radius 3 is 1.82 bits per heavy atom. The van der Waals surface area contributed by atoms with Crippen molar-refractivity contribution in [3.05, 3.63) is 96.6 Å². The van der Waals surface area contributed by atoms with Gasteiger partial charge in [-0.3, -0.25) is 0 Å². The third-order valence-corrected chi connectivity index (χ3v) is 19.7. The number of benzene rings is 3. The molecule has 5 aliphatic rings. The van der Waals surface area contributed by atoms with Crippen molar-refractivity contribution in [2.24, 2.45) is 34.5 Å². The Hall–Kier alpha value is -2.28. The average molecular weight is 679 g/mol. The van der Waals surface area contributed by atoms with Gasteiger partial charge in [0, 0.05) is 11.5 Å². The van der Waals surface area contributed by atoms with Crippen molar-refractivity contribution in [1.29, 1.82) is 0 Å². The topological polar surface area (TPSA) is 47.9 Å². The first-order valence-electron chi connectivity index (χ1n) is 19.2. The zero-order chi connectivity index (χ0) is 34.5. The normalized spacial score (nSPS) is 39.8. The molecule has 5 heteroatoms. The Kier molecular flexibility index (Phi) is 8.02. The lowest BCUT2D eigenvalue weighted by atomic mass is 9.43. The lowest BCUT2D eigenvalue weighted by Gasteiger charge is -2.64. The van der Waals surface area contributed by atoms with Crippen LogP contribution in [0.5, 0.6) is 0 Å². The second-order valence-electron chi connectivity index (χ2n) is 18.4. The van der Waals surface area contributed by atoms with Gasteiger partial charge in [0.15, 0.2) is 5.79 Å². The third-order valence-electron chi connectivity index (χ3n) is 14.7. The molecule has 4 saturated carbocycles. The largest absolute Gasteiger partial charge is 0.404 e. The van der Waals surface area contributed by atoms with Crippen LogP contribution in [0.1, 0.15) is 99.0 Å². The monoisotopic (exact) mass is 678 g/mol. The molecule has 0 spiro atoms. The van der Waals surface area contributed by atoms with Crippen LogP contribution in [0.4, 0.5) is 0 Å². The molecule has 10 atom stereocenters. The third kappa shape index (κ3) is 4.96. The second kappa shape index (κ2) is 11.6. The lowest BCUT2D eigenvalue weighted by molar-refractivity contribution is -0.205. The van der Waals surface area contributed by atoms with E-state index in [0.717, 1.165) is 50.5 Å². The van der Waals surface area contributed by atoms with Gasteiger partial charge in [0.05, 0.1) is 17.8 Å². The van der Waals surface area contributed by atoms with Crippen LogP contribution in [-0.4, -0.2) is 37.5 Å². The molecule has 1 N–H and O–H groups in total. The van der Waals surface area contributed by atoms with Gasteiger partial charge in [0.2, 0.25) is 0 Å². The van der Waals surface area contributed by atoms with Crippen molar-refractivity contribution >= 4 is 18.7 Å². The van der Waals surface area contributed by atoms with Gasteiger partial charge in [-0.1, -0.05) is 126 Å². The summed E-state index contributed by atoms with van der Waals surface area (Å²) in [6, 6.07) is 32.8. The summed E-state index contributed by atoms with van der Waals surface area (Å²) in [6.07, 6.45) is 7.46. The Morgan fingerprint density at radius 1 is 0.673 bits per heavy atom. The smallest absolute Gasteiger partial charge is 0.261 e. The summed E-state index contributed by atoms with van der Waals surface area (Å²) in [5.74, 6) is 1.04. The predicted molar refractivity (Wildman–Crippen MR) is 199 cm³/mol. The van der Waals surface area contributed by atoms with Gasteiger partial charge < -0.3 is 19.0 Å². The Labute approximate surface area is 296 Å². The van der Waals surface area contributed by atoms with E-state index in [0.29, 0.717) is 23.7 Å². The molecule has 4 aliphatic carbocycles. The molecule has 0 amide bonds. The van der Waals surface area contributed by atoms with Crippen LogP contribution in [0, 0.1) is 34.5 Å². The summed E-state index contributed by atoms with van der Waals surface area (Å²) in [5.41, 5.74) is 0.214. The van der Waals surface area contributed by atoms with Gasteiger partial charge >= 0.3 is 0 Å². The Morgan fingerprint density at radius 2 is 1.22 bits per heavy atom. The van der Waals surface area contributed by atoms with E-state index in [4.69, 9.17) is 13.9 Å². The van der Waals surface area contributed by atoms with Crippen LogP contribution in [0.15, 0.2) is 91.0 Å². The zero-order valence-corrected chi connectivity index (χ0v) is 31.8. The summed E-state index contributed by atoms with van der Waals surface area (Å²) in [5, 5.41) is 15.2. The number of fused-ring (bicyclic) bond motifs is 8. The van der Waals surface area contributed by atoms with Crippen LogP contribution in [0.25, 0.3) is 0 Å². The highest BCUT2D eigenvalue weighted by Crippen LogP contribution is 2.71. The van der Waals surface area contributed by atoms with E-state index in [9.17, 15) is 5.11 Å². The van der Waals surface area contributed by atoms with E-state index in [1.807, 2.05) is 0 Å². The highest BCUT2D eigenvalue weighted by atomic mass is 28.4. The van der Waals surface area contributed by atoms with Crippen molar-refractivity contribution < 1.29 is 19.0 Å². The highest BCUT2D eigenvalue weighted by Gasteiger charge is 2.71. The molecule has 1 saturated heterocycles. The molecule has 0 radical (unpaired) electrons. The maximum absolute atomic E-state index is 12.6. The fourth-order valence-corrected chi connectivity index (χ4v) is 17.1. The minimum atomic E-state index is -2.69. The van der Waals surface area contributed by atoms with Crippen LogP contribution in [-0.2, 0) is 19.5 Å². The first-order valence-corrected chi connectivity index (χ1v) is 21.1. The number of ether oxygens (including phenoxy) is 2. The standard InChI is InChI=1S/C44H58O4Si/c1-40(2,3)49(32-19-13-9-14-20-32,33-21-15-10-16-22-33)48-31-23-26-42(6)34-24-27-43(7)35(25-28-44(43,45)30-17-11-8-12-18-30)37(34)39-38(36(42)29-31)46-41(4,5)47-39/h8-22,31,34-39,45H,23-29H2,1-7H3/t31-,34-,35-,36?,37?,38+,39+,42+,43-,44+/m0/s1. The van der Waals surface area contributed by atoms with Crippen molar-refractivity contribution in [3.8, 4) is 0 Å². The molecular formula is C44H58O4Si. The summed E-state index contributed by atoms with van der Waals surface area (Å²) in [4.78, 5) is 0. The molecule has 1 heterocycles. The molecule has 262 valence electrons. The molecule has 2 unspecified atom stereocenters. The van der Waals surface area contributed by atoms with Crippen LogP contribution >= 0.6 is 0 Å². The van der Waals surface area contributed by atoms with E-state index in [1.54, 1.807) is 0 Å². The number of hydrogen-bond acceptors (Lipinski definition) is 4. The number of rotatable bonds is 5. The quantitative estimate of drug-likeness (QED) is 0.275. The van der Waals surface area contributed by atoms with Crippen molar-refractivity contribution in [1.82, 2.24) is 0 Å². The lowest BCUT2D eigenvalue weighted by Crippen LogP contribution is -2.69. The van der Waals surface area contributed by atoms with Gasteiger partial charge in [-0.25, -0.2) is 0 Å². The van der Waals surface area contributed by atoms with E-state index >= 15 is 0 Å². The van der Waals surface area contributed by atoms with E-state index in [-0.39, 0.29) is 34.2 Å². The van der Waals surface area contributed by atoms with Gasteiger partial charge in [-0.05, 0) is 109 Å².